The number of carbonyl (C=O) groups excluding carboxylic acids is 3. The minimum Gasteiger partial charge on any atom is -0.442 e. The first-order valence-electron chi connectivity index (χ1n) is 9.33. The molecule has 0 radical (unpaired) electrons. The molecule has 1 aromatic carbocycles. The topological polar surface area (TPSA) is 124 Å². The second-order valence-electron chi connectivity index (χ2n) is 6.76. The second-order valence-corrected chi connectivity index (χ2v) is 6.76. The molecule has 0 aromatic heterocycles. The summed E-state index contributed by atoms with van der Waals surface area (Å²) in [6.45, 7) is -0.794. The summed E-state index contributed by atoms with van der Waals surface area (Å²) < 4.78 is 59.0. The zero-order valence-electron chi connectivity index (χ0n) is 16.4. The van der Waals surface area contributed by atoms with Crippen LogP contribution in [0.5, 0.6) is 0 Å². The predicted octanol–water partition coefficient (Wildman–Crippen LogP) is 0.824. The highest BCUT2D eigenvalue weighted by molar-refractivity contribution is 5.90. The molecule has 0 saturated carbocycles. The van der Waals surface area contributed by atoms with Gasteiger partial charge < -0.3 is 15.0 Å². The van der Waals surface area contributed by atoms with Crippen molar-refractivity contribution in [1.82, 2.24) is 15.9 Å². The number of hydrogen-bond donors (Lipinski definition) is 3. The van der Waals surface area contributed by atoms with Crippen molar-refractivity contribution >= 4 is 29.4 Å². The fourth-order valence-corrected chi connectivity index (χ4v) is 3.23. The molecule has 0 aliphatic carbocycles. The summed E-state index contributed by atoms with van der Waals surface area (Å²) in [5.74, 6) is -3.53. The Labute approximate surface area is 178 Å². The SMILES string of the molecule is O=C(NCC1CN(c2cc(F)c(N3CCON(C(=O)NO)CC3)c(F)c2)C(=O)O1)C(F)F. The van der Waals surface area contributed by atoms with E-state index in [1.54, 1.807) is 0 Å². The van der Waals surface area contributed by atoms with Crippen LogP contribution in [0.1, 0.15) is 0 Å². The zero-order chi connectivity index (χ0) is 23.4. The number of nitrogens with one attached hydrogen (secondary N) is 2. The van der Waals surface area contributed by atoms with Crippen molar-refractivity contribution in [1.29, 1.82) is 0 Å². The van der Waals surface area contributed by atoms with E-state index in [1.165, 1.54) is 10.4 Å². The molecule has 1 atom stereocenters. The molecule has 0 spiro atoms. The Kier molecular flexibility index (Phi) is 7.19. The van der Waals surface area contributed by atoms with Gasteiger partial charge in [0.05, 0.1) is 31.9 Å². The average Bonchev–Trinajstić information content (AvgIpc) is 2.95. The summed E-state index contributed by atoms with van der Waals surface area (Å²) in [7, 11) is 0. The molecule has 32 heavy (non-hydrogen) atoms. The van der Waals surface area contributed by atoms with Crippen LogP contribution in [-0.2, 0) is 14.4 Å². The molecule has 3 rings (SSSR count). The third-order valence-electron chi connectivity index (χ3n) is 4.71. The van der Waals surface area contributed by atoms with Crippen molar-refractivity contribution in [2.75, 3.05) is 49.1 Å². The first kappa shape index (κ1) is 23.3. The maximum absolute atomic E-state index is 14.8. The van der Waals surface area contributed by atoms with Crippen molar-refractivity contribution in [3.63, 3.8) is 0 Å². The average molecular weight is 465 g/mol. The molecule has 2 fully saturated rings. The Bertz CT molecular complexity index is 868. The van der Waals surface area contributed by atoms with Crippen LogP contribution in [-0.4, -0.2) is 80.2 Å². The van der Waals surface area contributed by atoms with Crippen molar-refractivity contribution in [2.45, 2.75) is 12.5 Å². The molecular weight excluding hydrogens is 446 g/mol. The maximum atomic E-state index is 14.8. The number of hydroxylamine groups is 3. The van der Waals surface area contributed by atoms with Gasteiger partial charge in [0.15, 0.2) is 11.6 Å². The van der Waals surface area contributed by atoms with Gasteiger partial charge in [-0.2, -0.15) is 13.8 Å². The van der Waals surface area contributed by atoms with Gasteiger partial charge in [-0.05, 0) is 0 Å². The number of nitrogens with zero attached hydrogens (tertiary/aromatic N) is 3. The van der Waals surface area contributed by atoms with Crippen LogP contribution in [0, 0.1) is 11.6 Å². The summed E-state index contributed by atoms with van der Waals surface area (Å²) in [6, 6.07) is 0.878. The van der Waals surface area contributed by atoms with E-state index in [0.717, 1.165) is 22.1 Å². The zero-order valence-corrected chi connectivity index (χ0v) is 16.4. The molecule has 176 valence electrons. The third-order valence-corrected chi connectivity index (χ3v) is 4.71. The number of urea groups is 1. The first-order chi connectivity index (χ1) is 15.2. The molecule has 4 amide bonds. The Hall–Kier alpha value is -3.33. The molecule has 2 saturated heterocycles. The lowest BCUT2D eigenvalue weighted by molar-refractivity contribution is -0.132. The fraction of sp³-hybridized carbons (Fsp3) is 0.471. The van der Waals surface area contributed by atoms with Crippen molar-refractivity contribution < 1.29 is 46.7 Å². The summed E-state index contributed by atoms with van der Waals surface area (Å²) in [4.78, 5) is 41.7. The molecular formula is C17H19F4N5O6. The standard InChI is InChI=1S/C17H19F4N5O6/c18-11-5-9(25-8-10(32-17(25)29)7-22-15(27)14(20)21)6-12(19)13(11)24-1-2-26(16(28)23-30)31-4-3-24/h5-6,10,14,30H,1-4,7-8H2,(H,22,27)(H,23,28). The Morgan fingerprint density at radius 1 is 1.19 bits per heavy atom. The maximum Gasteiger partial charge on any atom is 0.414 e. The van der Waals surface area contributed by atoms with Crippen molar-refractivity contribution in [3.05, 3.63) is 23.8 Å². The summed E-state index contributed by atoms with van der Waals surface area (Å²) in [5.41, 5.74) is 0.824. The monoisotopic (exact) mass is 465 g/mol. The summed E-state index contributed by atoms with van der Waals surface area (Å²) >= 11 is 0. The van der Waals surface area contributed by atoms with E-state index < -0.39 is 47.9 Å². The van der Waals surface area contributed by atoms with Gasteiger partial charge in [-0.25, -0.2) is 23.9 Å². The summed E-state index contributed by atoms with van der Waals surface area (Å²) in [5, 5.41) is 11.4. The molecule has 1 unspecified atom stereocenters. The van der Waals surface area contributed by atoms with Gasteiger partial charge in [0.1, 0.15) is 11.8 Å². The van der Waals surface area contributed by atoms with Crippen molar-refractivity contribution in [2.24, 2.45) is 0 Å². The number of cyclic esters (lactones) is 1. The lowest BCUT2D eigenvalue weighted by Crippen LogP contribution is -2.40. The van der Waals surface area contributed by atoms with Gasteiger partial charge in [-0.15, -0.1) is 0 Å². The molecule has 2 aliphatic heterocycles. The molecule has 11 nitrogen and oxygen atoms in total. The molecule has 2 aliphatic rings. The normalized spacial score (nSPS) is 19.1. The number of alkyl halides is 2. The molecule has 2 heterocycles. The van der Waals surface area contributed by atoms with E-state index in [9.17, 15) is 31.9 Å². The minimum atomic E-state index is -3.23. The smallest absolute Gasteiger partial charge is 0.414 e. The van der Waals surface area contributed by atoms with Crippen LogP contribution in [0.4, 0.5) is 38.5 Å². The fourth-order valence-electron chi connectivity index (χ4n) is 3.23. The lowest BCUT2D eigenvalue weighted by Gasteiger charge is -2.24. The van der Waals surface area contributed by atoms with E-state index in [0.29, 0.717) is 0 Å². The molecule has 3 N–H and O–H groups in total. The van der Waals surface area contributed by atoms with Gasteiger partial charge in [0.25, 0.3) is 5.91 Å². The van der Waals surface area contributed by atoms with Crippen LogP contribution in [0.3, 0.4) is 0 Å². The second kappa shape index (κ2) is 9.86. The highest BCUT2D eigenvalue weighted by Gasteiger charge is 2.34. The number of rotatable bonds is 5. The number of hydrogen-bond acceptors (Lipinski definition) is 7. The van der Waals surface area contributed by atoms with Crippen LogP contribution >= 0.6 is 0 Å². The van der Waals surface area contributed by atoms with Gasteiger partial charge in [0.2, 0.25) is 0 Å². The predicted molar refractivity (Wildman–Crippen MR) is 98.2 cm³/mol. The first-order valence-corrected chi connectivity index (χ1v) is 9.33. The van der Waals surface area contributed by atoms with Crippen LogP contribution in [0.15, 0.2) is 12.1 Å². The quantitative estimate of drug-likeness (QED) is 0.334. The van der Waals surface area contributed by atoms with Gasteiger partial charge in [0, 0.05) is 25.2 Å². The minimum absolute atomic E-state index is 0.0156. The van der Waals surface area contributed by atoms with Gasteiger partial charge >= 0.3 is 18.5 Å². The molecule has 1 aromatic rings. The van der Waals surface area contributed by atoms with E-state index in [2.05, 4.69) is 0 Å². The Morgan fingerprint density at radius 2 is 1.88 bits per heavy atom. The number of amides is 4. The van der Waals surface area contributed by atoms with Crippen LogP contribution in [0.25, 0.3) is 0 Å². The number of ether oxygens (including phenoxy) is 1. The number of carbonyl (C=O) groups is 3. The Balaban J connectivity index is 1.70. The third kappa shape index (κ3) is 5.11. The molecule has 0 bridgehead atoms. The number of halogens is 4. The van der Waals surface area contributed by atoms with Gasteiger partial charge in [-0.1, -0.05) is 0 Å². The van der Waals surface area contributed by atoms with E-state index in [1.807, 2.05) is 5.32 Å². The van der Waals surface area contributed by atoms with Crippen LogP contribution < -0.4 is 20.6 Å². The molecule has 15 heteroatoms. The van der Waals surface area contributed by atoms with E-state index in [-0.39, 0.29) is 45.0 Å². The van der Waals surface area contributed by atoms with E-state index in [4.69, 9.17) is 14.8 Å². The van der Waals surface area contributed by atoms with Gasteiger partial charge in [-0.3, -0.25) is 19.7 Å². The van der Waals surface area contributed by atoms with Crippen LogP contribution in [0.2, 0.25) is 0 Å². The largest absolute Gasteiger partial charge is 0.442 e. The summed E-state index contributed by atoms with van der Waals surface area (Å²) in [6.07, 6.45) is -5.17. The lowest BCUT2D eigenvalue weighted by atomic mass is 10.2. The Morgan fingerprint density at radius 3 is 2.50 bits per heavy atom. The van der Waals surface area contributed by atoms with Crippen molar-refractivity contribution in [3.8, 4) is 0 Å². The van der Waals surface area contributed by atoms with E-state index >= 15 is 0 Å². The number of benzene rings is 1. The highest BCUT2D eigenvalue weighted by atomic mass is 19.3. The number of anilines is 2. The highest BCUT2D eigenvalue weighted by Crippen LogP contribution is 2.31.